The number of thioether (sulfide) groups is 2. The number of carboxylic acids is 2. The molecule has 2 aliphatic heterocycles. The number of fused-ring (bicyclic) bond motifs is 2. The van der Waals surface area contributed by atoms with E-state index in [4.69, 9.17) is 9.94 Å². The van der Waals surface area contributed by atoms with E-state index >= 15 is 0 Å². The number of rotatable bonds is 10. The number of amides is 2. The van der Waals surface area contributed by atoms with Crippen LogP contribution in [-0.2, 0) is 24.0 Å². The average Bonchev–Trinajstić information content (AvgIpc) is 3.59. The lowest BCUT2D eigenvalue weighted by atomic mass is 10.0. The molecule has 16 nitrogen and oxygen atoms in total. The Morgan fingerprint density at radius 1 is 1.29 bits per heavy atom. The largest absolute Gasteiger partial charge is 0.479 e. The van der Waals surface area contributed by atoms with Gasteiger partial charge in [0.05, 0.1) is 5.51 Å². The lowest BCUT2D eigenvalue weighted by Crippen LogP contribution is -2.71. The second kappa shape index (κ2) is 10.7. The number of nitrogens with one attached hydrogen (secondary N) is 1. The zero-order chi connectivity index (χ0) is 26.8. The molecule has 0 radical (unpaired) electrons. The molecule has 0 aromatic carbocycles. The molecular weight excluding hydrogens is 562 g/mol. The Labute approximate surface area is 224 Å². The Balaban J connectivity index is 1.29. The molecule has 3 N–H and O–H groups in total. The van der Waals surface area contributed by atoms with Gasteiger partial charge in [-0.05, 0) is 28.1 Å². The normalized spacial score (nSPS) is 19.2. The van der Waals surface area contributed by atoms with Gasteiger partial charge in [0.25, 0.3) is 11.8 Å². The van der Waals surface area contributed by atoms with E-state index < -0.39 is 41.8 Å². The predicted molar refractivity (Wildman–Crippen MR) is 131 cm³/mol. The molecule has 2 aliphatic rings. The number of aliphatic carboxylic acids is 2. The summed E-state index contributed by atoms with van der Waals surface area (Å²) in [6, 6.07) is 2.36. The van der Waals surface area contributed by atoms with Gasteiger partial charge in [-0.2, -0.15) is 0 Å². The molecule has 0 spiro atoms. The zero-order valence-electron chi connectivity index (χ0n) is 18.8. The van der Waals surface area contributed by atoms with Gasteiger partial charge >= 0.3 is 11.9 Å². The van der Waals surface area contributed by atoms with Crippen molar-refractivity contribution in [1.29, 1.82) is 0 Å². The van der Waals surface area contributed by atoms with Crippen LogP contribution in [0.25, 0.3) is 5.65 Å². The number of hydrogen-bond acceptors (Lipinski definition) is 14. The van der Waals surface area contributed by atoms with Crippen molar-refractivity contribution in [3.05, 3.63) is 40.0 Å². The lowest BCUT2D eigenvalue weighted by molar-refractivity contribution is -0.150. The van der Waals surface area contributed by atoms with Gasteiger partial charge in [-0.1, -0.05) is 5.16 Å². The predicted octanol–water partition coefficient (Wildman–Crippen LogP) is -0.688. The minimum absolute atomic E-state index is 0.136. The Hall–Kier alpha value is -4.10. The molecule has 19 heteroatoms. The summed E-state index contributed by atoms with van der Waals surface area (Å²) < 4.78 is 1.25. The van der Waals surface area contributed by atoms with E-state index in [1.165, 1.54) is 50.4 Å². The van der Waals surface area contributed by atoms with Gasteiger partial charge in [-0.15, -0.1) is 49.7 Å². The summed E-state index contributed by atoms with van der Waals surface area (Å²) in [4.78, 5) is 58.6. The van der Waals surface area contributed by atoms with E-state index in [1.54, 1.807) is 12.1 Å². The van der Waals surface area contributed by atoms with E-state index in [-0.39, 0.29) is 22.9 Å². The molecule has 38 heavy (non-hydrogen) atoms. The van der Waals surface area contributed by atoms with Crippen LogP contribution in [0.1, 0.15) is 5.69 Å². The van der Waals surface area contributed by atoms with Crippen LogP contribution in [0.15, 0.2) is 44.5 Å². The van der Waals surface area contributed by atoms with Crippen LogP contribution in [0.2, 0.25) is 0 Å². The van der Waals surface area contributed by atoms with Gasteiger partial charge in [0, 0.05) is 16.9 Å². The molecule has 3 aromatic rings. The lowest BCUT2D eigenvalue weighted by Gasteiger charge is -2.49. The Morgan fingerprint density at radius 3 is 2.87 bits per heavy atom. The molecule has 2 amide bonds. The van der Waals surface area contributed by atoms with Gasteiger partial charge in [0.1, 0.15) is 27.8 Å². The standard InChI is InChI=1S/C19H15N9O7S3/c29-12(30)3-35-24-13(9-6-36-7-20-9)16(31)21-14-17(32)27-15(19(33)34)8(5-38-18(14)27)4-37-11-2-1-10-22-25-26-28(10)23-11/h1-2,6-7,14,18H,3-5H2,(H,21,31)(H,29,30)(H,33,34)/b24-13-/t14?,18-/m1/s1. The maximum Gasteiger partial charge on any atom is 0.352 e. The third-order valence-corrected chi connectivity index (χ3v) is 8.14. The van der Waals surface area contributed by atoms with E-state index in [1.807, 2.05) is 0 Å². The van der Waals surface area contributed by atoms with Crippen molar-refractivity contribution in [1.82, 2.24) is 40.5 Å². The minimum Gasteiger partial charge on any atom is -0.479 e. The van der Waals surface area contributed by atoms with Crippen LogP contribution in [0.3, 0.4) is 0 Å². The number of carbonyl (C=O) groups excluding carboxylic acids is 2. The number of aromatic nitrogens is 6. The van der Waals surface area contributed by atoms with Crippen LogP contribution in [0, 0.1) is 0 Å². The third-order valence-electron chi connectivity index (χ3n) is 5.21. The first-order valence-corrected chi connectivity index (χ1v) is 13.5. The molecule has 1 fully saturated rings. The molecule has 2 atom stereocenters. The maximum absolute atomic E-state index is 13.0. The second-order valence-corrected chi connectivity index (χ2v) is 10.4. The monoisotopic (exact) mass is 577 g/mol. The molecule has 5 rings (SSSR count). The number of tetrazole rings is 1. The summed E-state index contributed by atoms with van der Waals surface area (Å²) in [6.07, 6.45) is 0. The van der Waals surface area contributed by atoms with Gasteiger partial charge in [0.15, 0.2) is 11.4 Å². The van der Waals surface area contributed by atoms with Crippen molar-refractivity contribution >= 4 is 70.0 Å². The summed E-state index contributed by atoms with van der Waals surface area (Å²) in [6.45, 7) is -0.776. The van der Waals surface area contributed by atoms with E-state index in [0.717, 1.165) is 4.90 Å². The first-order valence-electron chi connectivity index (χ1n) is 10.5. The Kier molecular flexibility index (Phi) is 7.20. The molecule has 0 aliphatic carbocycles. The fourth-order valence-electron chi connectivity index (χ4n) is 3.56. The number of hydrogen-bond donors (Lipinski definition) is 3. The number of nitrogens with zero attached hydrogens (tertiary/aromatic N) is 8. The number of oxime groups is 1. The summed E-state index contributed by atoms with van der Waals surface area (Å²) in [7, 11) is 0. The maximum atomic E-state index is 13.0. The van der Waals surface area contributed by atoms with Crippen molar-refractivity contribution in [2.75, 3.05) is 18.1 Å². The smallest absolute Gasteiger partial charge is 0.352 e. The summed E-state index contributed by atoms with van der Waals surface area (Å²) in [5, 5.41) is 41.5. The quantitative estimate of drug-likeness (QED) is 0.118. The second-order valence-electron chi connectivity index (χ2n) is 7.59. The molecule has 5 heterocycles. The first-order chi connectivity index (χ1) is 18.3. The number of thiazole rings is 1. The minimum atomic E-state index is -1.29. The van der Waals surface area contributed by atoms with Gasteiger partial charge in [-0.25, -0.2) is 14.6 Å². The van der Waals surface area contributed by atoms with Gasteiger partial charge < -0.3 is 20.4 Å². The van der Waals surface area contributed by atoms with Crippen LogP contribution >= 0.6 is 34.9 Å². The number of carboxylic acid groups (broad SMARTS) is 2. The highest BCUT2D eigenvalue weighted by atomic mass is 32.2. The van der Waals surface area contributed by atoms with Crippen molar-refractivity contribution in [2.45, 2.75) is 16.4 Å². The molecule has 1 saturated heterocycles. The topological polar surface area (TPSA) is 214 Å². The zero-order valence-corrected chi connectivity index (χ0v) is 21.3. The third kappa shape index (κ3) is 5.02. The van der Waals surface area contributed by atoms with Crippen LogP contribution in [0.4, 0.5) is 0 Å². The van der Waals surface area contributed by atoms with E-state index in [2.05, 4.69) is 36.1 Å². The van der Waals surface area contributed by atoms with Crippen molar-refractivity contribution in [3.63, 3.8) is 0 Å². The summed E-state index contributed by atoms with van der Waals surface area (Å²) >= 11 is 3.75. The molecule has 3 aromatic heterocycles. The molecular formula is C19H15N9O7S3. The fourth-order valence-corrected chi connectivity index (χ4v) is 6.43. The Morgan fingerprint density at radius 2 is 2.13 bits per heavy atom. The number of β-lactam (4-membered cyclic amide) rings is 1. The average molecular weight is 578 g/mol. The molecule has 196 valence electrons. The van der Waals surface area contributed by atoms with E-state index in [0.29, 0.717) is 22.0 Å². The SMILES string of the molecule is O=C(O)CO/N=C(\C(=O)NC1C(=O)N2C(C(=O)O)=C(CSc3ccc4nnnn4n3)CS[C@H]12)c1cscn1. The van der Waals surface area contributed by atoms with Gasteiger partial charge in [-0.3, -0.25) is 14.5 Å². The van der Waals surface area contributed by atoms with Crippen LogP contribution in [-0.4, -0.2) is 104 Å². The van der Waals surface area contributed by atoms with Crippen molar-refractivity contribution < 1.29 is 34.2 Å². The highest BCUT2D eigenvalue weighted by Gasteiger charge is 2.54. The molecule has 1 unspecified atom stereocenters. The van der Waals surface area contributed by atoms with Crippen molar-refractivity contribution in [2.24, 2.45) is 5.16 Å². The fraction of sp³-hybridized carbons (Fsp3) is 0.263. The number of carbonyl (C=O) groups is 4. The van der Waals surface area contributed by atoms with Gasteiger partial charge in [0.2, 0.25) is 6.61 Å². The highest BCUT2D eigenvalue weighted by Crippen LogP contribution is 2.41. The highest BCUT2D eigenvalue weighted by molar-refractivity contribution is 8.01. The molecule has 0 bridgehead atoms. The van der Waals surface area contributed by atoms with Crippen LogP contribution < -0.4 is 5.32 Å². The first kappa shape index (κ1) is 25.5. The summed E-state index contributed by atoms with van der Waals surface area (Å²) in [5.74, 6) is -3.41. The summed E-state index contributed by atoms with van der Waals surface area (Å²) in [5.41, 5.74) is 2.12. The van der Waals surface area contributed by atoms with Crippen LogP contribution in [0.5, 0.6) is 0 Å². The van der Waals surface area contributed by atoms with E-state index in [9.17, 15) is 24.3 Å². The van der Waals surface area contributed by atoms with Crippen molar-refractivity contribution in [3.8, 4) is 0 Å². The Bertz CT molecular complexity index is 1490. The molecule has 0 saturated carbocycles.